The van der Waals surface area contributed by atoms with E-state index in [1.165, 1.54) is 6.92 Å². The number of thiol groups is 1. The molecule has 0 bridgehead atoms. The van der Waals surface area contributed by atoms with Crippen LogP contribution in [0.5, 0.6) is 0 Å². The van der Waals surface area contributed by atoms with Crippen molar-refractivity contribution in [2.75, 3.05) is 0 Å². The minimum absolute atomic E-state index is 0.616. The third-order valence-electron chi connectivity index (χ3n) is 0.557. The molecule has 0 aliphatic carbocycles. The first-order valence-electron chi connectivity index (χ1n) is 1.78. The van der Waals surface area contributed by atoms with E-state index in [2.05, 4.69) is 5.92 Å². The van der Waals surface area contributed by atoms with E-state index in [0.717, 1.165) is 0 Å². The summed E-state index contributed by atoms with van der Waals surface area (Å²) >= 11 is 0. The molecule has 3 heteroatoms. The van der Waals surface area contributed by atoms with Gasteiger partial charge in [-0.1, -0.05) is 5.92 Å². The van der Waals surface area contributed by atoms with Gasteiger partial charge in [-0.3, -0.25) is 0 Å². The molecule has 0 heterocycles. The zero-order valence-electron chi connectivity index (χ0n) is 3.92. The largest absolute Gasteiger partial charge is 0.231 e. The van der Waals surface area contributed by atoms with Crippen molar-refractivity contribution >= 4 is 10.7 Å². The molecule has 0 amide bonds. The molecule has 1 unspecified atom stereocenters. The van der Waals surface area contributed by atoms with Gasteiger partial charge in [-0.15, -0.1) is 6.42 Å². The molecule has 0 aliphatic heterocycles. The summed E-state index contributed by atoms with van der Waals surface area (Å²) in [6.45, 7) is 1.46. The van der Waals surface area contributed by atoms with E-state index in [9.17, 15) is 8.42 Å². The van der Waals surface area contributed by atoms with Gasteiger partial charge < -0.3 is 0 Å². The molecule has 0 saturated heterocycles. The molecule has 0 spiro atoms. The van der Waals surface area contributed by atoms with Crippen molar-refractivity contribution in [2.24, 2.45) is 0 Å². The fourth-order valence-electron chi connectivity index (χ4n) is 0.0609. The van der Waals surface area contributed by atoms with Crippen LogP contribution in [0.15, 0.2) is 0 Å². The van der Waals surface area contributed by atoms with Crippen molar-refractivity contribution in [1.29, 1.82) is 0 Å². The summed E-state index contributed by atoms with van der Waals surface area (Å²) in [5.41, 5.74) is 0. The highest BCUT2D eigenvalue weighted by Crippen LogP contribution is 1.79. The van der Waals surface area contributed by atoms with Crippen molar-refractivity contribution in [3.05, 3.63) is 0 Å². The number of hydrogen-bond acceptors (Lipinski definition) is 2. The Kier molecular flexibility index (Phi) is 2.46. The minimum atomic E-state index is -2.40. The zero-order chi connectivity index (χ0) is 5.86. The van der Waals surface area contributed by atoms with Crippen LogP contribution in [0.25, 0.3) is 0 Å². The smallest absolute Gasteiger partial charge is 0.153 e. The quantitative estimate of drug-likeness (QED) is 0.376. The maximum absolute atomic E-state index is 9.82. The van der Waals surface area contributed by atoms with Crippen LogP contribution in [-0.2, 0) is 10.7 Å². The maximum atomic E-state index is 9.82. The van der Waals surface area contributed by atoms with E-state index in [1.54, 1.807) is 0 Å². The van der Waals surface area contributed by atoms with Gasteiger partial charge in [0.2, 0.25) is 0 Å². The van der Waals surface area contributed by atoms with E-state index < -0.39 is 16.0 Å². The Balaban J connectivity index is 3.89. The first kappa shape index (κ1) is 6.51. The molecule has 0 radical (unpaired) electrons. The summed E-state index contributed by atoms with van der Waals surface area (Å²) in [6, 6.07) is 0. The summed E-state index contributed by atoms with van der Waals surface area (Å²) in [5.74, 6) is 2.07. The van der Waals surface area contributed by atoms with Crippen molar-refractivity contribution < 1.29 is 8.42 Å². The third kappa shape index (κ3) is 2.24. The molecule has 0 aliphatic rings. The fraction of sp³-hybridized carbons (Fsp3) is 0.500. The van der Waals surface area contributed by atoms with Crippen LogP contribution < -0.4 is 0 Å². The van der Waals surface area contributed by atoms with Gasteiger partial charge in [-0.25, -0.2) is 8.42 Å². The van der Waals surface area contributed by atoms with Crippen molar-refractivity contribution in [3.63, 3.8) is 0 Å². The van der Waals surface area contributed by atoms with E-state index in [-0.39, 0.29) is 0 Å². The molecular formula is C4H6O2S. The molecule has 0 N–H and O–H groups in total. The number of terminal acetylenes is 1. The van der Waals surface area contributed by atoms with E-state index >= 15 is 0 Å². The van der Waals surface area contributed by atoms with Gasteiger partial charge in [0, 0.05) is 0 Å². The van der Waals surface area contributed by atoms with Crippen LogP contribution in [0.3, 0.4) is 0 Å². The van der Waals surface area contributed by atoms with E-state index in [4.69, 9.17) is 6.42 Å². The summed E-state index contributed by atoms with van der Waals surface area (Å²) < 4.78 is 19.6. The Morgan fingerprint density at radius 3 is 2.14 bits per heavy atom. The average molecular weight is 118 g/mol. The van der Waals surface area contributed by atoms with E-state index in [1.807, 2.05) is 0 Å². The van der Waals surface area contributed by atoms with Gasteiger partial charge in [0.15, 0.2) is 10.7 Å². The first-order chi connectivity index (χ1) is 3.18. The van der Waals surface area contributed by atoms with Crippen LogP contribution in [0.1, 0.15) is 6.92 Å². The molecule has 1 atom stereocenters. The van der Waals surface area contributed by atoms with Gasteiger partial charge >= 0.3 is 0 Å². The van der Waals surface area contributed by atoms with Gasteiger partial charge in [-0.05, 0) is 6.92 Å². The van der Waals surface area contributed by atoms with Crippen molar-refractivity contribution in [1.82, 2.24) is 0 Å². The Hall–Kier alpha value is -0.490. The molecule has 0 aromatic heterocycles. The SMILES string of the molecule is C#CC(C)[SH](=O)=O. The predicted octanol–water partition coefficient (Wildman–Crippen LogP) is -0.381. The highest BCUT2D eigenvalue weighted by Gasteiger charge is 1.93. The second-order valence-corrected chi connectivity index (χ2v) is 2.47. The molecule has 0 saturated carbocycles. The molecule has 0 aromatic carbocycles. The number of hydrogen-bond donors (Lipinski definition) is 1. The van der Waals surface area contributed by atoms with Crippen LogP contribution in [0.2, 0.25) is 0 Å². The van der Waals surface area contributed by atoms with Crippen LogP contribution in [0.4, 0.5) is 0 Å². The van der Waals surface area contributed by atoms with Gasteiger partial charge in [0.1, 0.15) is 5.25 Å². The monoisotopic (exact) mass is 118 g/mol. The fourth-order valence-corrected chi connectivity index (χ4v) is 0.183. The molecular weight excluding hydrogens is 112 g/mol. The lowest BCUT2D eigenvalue weighted by Gasteiger charge is -1.83. The molecule has 0 fully saturated rings. The highest BCUT2D eigenvalue weighted by atomic mass is 32.2. The minimum Gasteiger partial charge on any atom is -0.231 e. The Morgan fingerprint density at radius 1 is 1.71 bits per heavy atom. The second-order valence-electron chi connectivity index (χ2n) is 1.13. The second kappa shape index (κ2) is 2.64. The normalized spacial score (nSPS) is 13.3. The average Bonchev–Trinajstić information content (AvgIpc) is 1.65. The lowest BCUT2D eigenvalue weighted by atomic mass is 10.5. The lowest BCUT2D eigenvalue weighted by Crippen LogP contribution is -1.97. The van der Waals surface area contributed by atoms with Gasteiger partial charge in [-0.2, -0.15) is 0 Å². The Labute approximate surface area is 44.5 Å². The number of rotatable bonds is 1. The molecule has 0 aromatic rings. The highest BCUT2D eigenvalue weighted by molar-refractivity contribution is 7.73. The summed E-state index contributed by atoms with van der Waals surface area (Å²) in [6.07, 6.45) is 4.74. The topological polar surface area (TPSA) is 34.1 Å². The molecule has 7 heavy (non-hydrogen) atoms. The zero-order valence-corrected chi connectivity index (χ0v) is 4.81. The maximum Gasteiger partial charge on any atom is 0.153 e. The summed E-state index contributed by atoms with van der Waals surface area (Å²) in [4.78, 5) is 0. The summed E-state index contributed by atoms with van der Waals surface area (Å²) in [7, 11) is -2.40. The Morgan fingerprint density at radius 2 is 2.14 bits per heavy atom. The molecule has 2 nitrogen and oxygen atoms in total. The first-order valence-corrected chi connectivity index (χ1v) is 3.02. The van der Waals surface area contributed by atoms with Crippen molar-refractivity contribution in [2.45, 2.75) is 12.2 Å². The Bertz CT molecular complexity index is 144. The van der Waals surface area contributed by atoms with Gasteiger partial charge in [0.05, 0.1) is 0 Å². The predicted molar refractivity (Wildman–Crippen MR) is 28.6 cm³/mol. The summed E-state index contributed by atoms with van der Waals surface area (Å²) in [5, 5.41) is -0.616. The van der Waals surface area contributed by atoms with Crippen LogP contribution in [-0.4, -0.2) is 13.7 Å². The van der Waals surface area contributed by atoms with Crippen LogP contribution in [0, 0.1) is 12.3 Å². The third-order valence-corrected chi connectivity index (χ3v) is 1.34. The van der Waals surface area contributed by atoms with Gasteiger partial charge in [0.25, 0.3) is 0 Å². The molecule has 40 valence electrons. The molecule has 0 rings (SSSR count). The van der Waals surface area contributed by atoms with E-state index in [0.29, 0.717) is 0 Å². The lowest BCUT2D eigenvalue weighted by molar-refractivity contribution is 0.611. The standard InChI is InChI=1S/C4H6O2S/c1-3-4(2)7(5)6/h1,4,7H,2H3. The van der Waals surface area contributed by atoms with Crippen molar-refractivity contribution in [3.8, 4) is 12.3 Å². The van der Waals surface area contributed by atoms with Crippen LogP contribution >= 0.6 is 0 Å².